The number of nitrogens with zero attached hydrogens (tertiary/aromatic N) is 8. The number of aryl methyl sites for hydroxylation is 1. The van der Waals surface area contributed by atoms with Crippen LogP contribution in [-0.4, -0.2) is 110 Å². The van der Waals surface area contributed by atoms with Crippen LogP contribution < -0.4 is 37.5 Å². The van der Waals surface area contributed by atoms with Crippen molar-refractivity contribution in [1.82, 2.24) is 49.3 Å². The zero-order valence-corrected chi connectivity index (χ0v) is 50.4. The second-order valence-corrected chi connectivity index (χ2v) is 18.4. The smallest absolute Gasteiger partial charge is 0.412 e. The van der Waals surface area contributed by atoms with Crippen molar-refractivity contribution in [3.63, 3.8) is 0 Å². The number of nitrogens with one attached hydrogen (secondary N) is 3. The number of hydrogen-bond acceptors (Lipinski definition) is 16. The van der Waals surface area contributed by atoms with E-state index in [-0.39, 0.29) is 63.3 Å². The molecule has 9 aromatic rings. The number of nitrogen functional groups attached to an aromatic ring is 1. The third-order valence-corrected chi connectivity index (χ3v) is 12.5. The van der Waals surface area contributed by atoms with Crippen LogP contribution in [0.5, 0.6) is 6.01 Å². The van der Waals surface area contributed by atoms with Crippen LogP contribution in [0.3, 0.4) is 0 Å². The number of amides is 2. The van der Waals surface area contributed by atoms with Crippen LogP contribution in [0.1, 0.15) is 85.0 Å². The first-order valence-electron chi connectivity index (χ1n) is 27.3. The topological polar surface area (TPSA) is 256 Å². The Labute approximate surface area is 522 Å². The normalized spacial score (nSPS) is 10.6. The fourth-order valence-corrected chi connectivity index (χ4v) is 8.57. The third-order valence-electron chi connectivity index (χ3n) is 12.5. The molecule has 0 saturated carbocycles. The van der Waals surface area contributed by atoms with Gasteiger partial charge in [-0.15, -0.1) is 0 Å². The van der Waals surface area contributed by atoms with Crippen LogP contribution in [0.2, 0.25) is 0 Å². The maximum Gasteiger partial charge on any atom is 0.412 e. The number of benzene rings is 4. The van der Waals surface area contributed by atoms with Crippen molar-refractivity contribution >= 4 is 56.0 Å². The number of hydrogen-bond donors (Lipinski definition) is 4. The second kappa shape index (κ2) is 33.6. The summed E-state index contributed by atoms with van der Waals surface area (Å²) < 4.78 is 84.2. The number of aromatic nitrogens is 8. The standard InChI is InChI=1S/C28H22F2N6O3.C25H20F2N6O2.C9H20O4.CH4.V/c1-3-39-28-34-24-14-33-23-9-7-17(11-19(23)25(24)35(28)2)5-4-10-32-26(37)20-13-31-16-36(27(20)38)15-18-6-8-21(29)22(30)12-18;1-29-23-17-9-15(5-7-22(17)32-12-21(23)28)3-2-8-31-24(34)18-11-30-14-33(25(18)35)13-16-4-6-19(26)20(27)10-16;1-5-10-9(11-6-2,12-7-3)13-8-4;;/h6-9,11-14,16H,3,10,15H2,1-2H3,(H,32,37);4-7,9-12,14H,8,13,28H2,1H3,(H,29,32)(H,31,34);5-8H2,1-4H3;1H4;. The molecule has 2 amide bonds. The van der Waals surface area contributed by atoms with Crippen LogP contribution in [0.25, 0.3) is 32.8 Å². The van der Waals surface area contributed by atoms with Crippen molar-refractivity contribution in [2.24, 2.45) is 7.05 Å². The predicted octanol–water partition coefficient (Wildman–Crippen LogP) is 8.09. The van der Waals surface area contributed by atoms with Crippen molar-refractivity contribution in [2.45, 2.75) is 61.3 Å². The van der Waals surface area contributed by atoms with Gasteiger partial charge in [-0.1, -0.05) is 43.2 Å². The van der Waals surface area contributed by atoms with Gasteiger partial charge in [-0.2, -0.15) is 4.98 Å². The van der Waals surface area contributed by atoms with Gasteiger partial charge in [0.05, 0.1) is 112 Å². The molecule has 5 aromatic heterocycles. The predicted molar refractivity (Wildman–Crippen MR) is 325 cm³/mol. The molecule has 4 aromatic carbocycles. The maximum atomic E-state index is 13.5. The molecule has 0 unspecified atom stereocenters. The molecule has 5 heterocycles. The quantitative estimate of drug-likeness (QED) is 0.0339. The Hall–Kier alpha value is -9.47. The molecule has 0 aliphatic heterocycles. The molecule has 0 aliphatic carbocycles. The van der Waals surface area contributed by atoms with Gasteiger partial charge < -0.3 is 45.4 Å². The van der Waals surface area contributed by atoms with E-state index in [1.165, 1.54) is 24.8 Å². The van der Waals surface area contributed by atoms with Crippen molar-refractivity contribution in [3.05, 3.63) is 188 Å². The SMILES string of the molecule is C.CCOC(OCC)(OCC)OCC.CCOc1nc2cnc3ccc(C#CCNC(=O)c4cncn(Cc5ccc(F)c(F)c5)c4=O)cc3c2n1C.CNc1c(N)cnc2ccc(C#CCNC(=O)c3cncn(Cc4ccc(F)c(F)c4)c3=O)cc12.[V]. The zero-order valence-electron chi connectivity index (χ0n) is 49.0. The number of carbonyl (C=O) groups excluding carboxylic acids is 2. The van der Waals surface area contributed by atoms with Crippen LogP contribution in [0.15, 0.2) is 120 Å². The summed E-state index contributed by atoms with van der Waals surface area (Å²) in [5, 5.41) is 9.89. The minimum absolute atomic E-state index is 0. The maximum absolute atomic E-state index is 13.5. The summed E-state index contributed by atoms with van der Waals surface area (Å²) in [6.45, 7) is 11.6. The summed E-state index contributed by atoms with van der Waals surface area (Å²) in [6.07, 6.45) is 6.73. The molecule has 0 fully saturated rings. The molecule has 465 valence electrons. The largest absolute Gasteiger partial charge is 0.465 e. The molecule has 0 saturated heterocycles. The van der Waals surface area contributed by atoms with Gasteiger partial charge in [0.2, 0.25) is 0 Å². The molecule has 1 radical (unpaired) electrons. The average molecular weight is 1260 g/mol. The van der Waals surface area contributed by atoms with Crippen LogP contribution in [-0.2, 0) is 57.6 Å². The van der Waals surface area contributed by atoms with Crippen molar-refractivity contribution < 1.29 is 69.4 Å². The van der Waals surface area contributed by atoms with Crippen LogP contribution in [0.4, 0.5) is 28.9 Å². The van der Waals surface area contributed by atoms with Crippen molar-refractivity contribution in [2.75, 3.05) is 64.2 Å². The first-order chi connectivity index (χ1) is 42.0. The van der Waals surface area contributed by atoms with E-state index < -0.39 is 52.4 Å². The number of imidazole rings is 1. The second-order valence-electron chi connectivity index (χ2n) is 18.4. The summed E-state index contributed by atoms with van der Waals surface area (Å²) >= 11 is 0. The van der Waals surface area contributed by atoms with Gasteiger partial charge in [-0.3, -0.25) is 42.8 Å². The minimum atomic E-state index is -1.30. The Bertz CT molecular complexity index is 4170. The summed E-state index contributed by atoms with van der Waals surface area (Å²) in [5.41, 5.74) is 10.9. The molecule has 0 aliphatic rings. The summed E-state index contributed by atoms with van der Waals surface area (Å²) in [4.78, 5) is 71.6. The van der Waals surface area contributed by atoms with Crippen LogP contribution >= 0.6 is 0 Å². The number of fused-ring (bicyclic) bond motifs is 4. The summed E-state index contributed by atoms with van der Waals surface area (Å²) in [5.74, 6) is 6.38. The first-order valence-corrected chi connectivity index (χ1v) is 27.3. The van der Waals surface area contributed by atoms with Crippen molar-refractivity contribution in [1.29, 1.82) is 0 Å². The van der Waals surface area contributed by atoms with Gasteiger partial charge in [0.15, 0.2) is 23.3 Å². The Balaban J connectivity index is 0.000000267. The van der Waals surface area contributed by atoms with E-state index in [4.69, 9.17) is 29.4 Å². The monoisotopic (exact) mass is 1260 g/mol. The molecule has 0 atom stereocenters. The van der Waals surface area contributed by atoms with Gasteiger partial charge in [0.1, 0.15) is 16.6 Å². The zero-order chi connectivity index (χ0) is 62.6. The molecular weight excluding hydrogens is 1200 g/mol. The average Bonchev–Trinajstić information content (AvgIpc) is 1.82. The fourth-order valence-electron chi connectivity index (χ4n) is 8.57. The van der Waals surface area contributed by atoms with E-state index in [0.717, 1.165) is 78.8 Å². The molecule has 21 nitrogen and oxygen atoms in total. The van der Waals surface area contributed by atoms with Crippen LogP contribution in [0, 0.1) is 47.0 Å². The Morgan fingerprint density at radius 1 is 0.607 bits per heavy atom. The number of carbonyl (C=O) groups is 2. The summed E-state index contributed by atoms with van der Waals surface area (Å²) in [7, 11) is 3.64. The Kier molecular flexibility index (Phi) is 26.5. The van der Waals surface area contributed by atoms with Gasteiger partial charge in [-0.05, 0) is 106 Å². The number of rotatable bonds is 19. The minimum Gasteiger partial charge on any atom is -0.465 e. The van der Waals surface area contributed by atoms with E-state index in [9.17, 15) is 36.7 Å². The number of anilines is 2. The van der Waals surface area contributed by atoms with E-state index >= 15 is 0 Å². The number of ether oxygens (including phenoxy) is 5. The van der Waals surface area contributed by atoms with Gasteiger partial charge in [-0.25, -0.2) is 27.5 Å². The van der Waals surface area contributed by atoms with Gasteiger partial charge in [0.25, 0.3) is 28.9 Å². The number of pyridine rings is 2. The van der Waals surface area contributed by atoms with Gasteiger partial charge in [0, 0.05) is 66.9 Å². The molecule has 26 heteroatoms. The molecule has 0 spiro atoms. The third kappa shape index (κ3) is 18.1. The van der Waals surface area contributed by atoms with Crippen molar-refractivity contribution in [3.8, 4) is 29.7 Å². The summed E-state index contributed by atoms with van der Waals surface area (Å²) in [6, 6.07) is 18.2. The molecule has 9 rings (SSSR count). The molecule has 0 bridgehead atoms. The molecular formula is C63H66F4N12O9V. The van der Waals surface area contributed by atoms with E-state index in [1.54, 1.807) is 25.5 Å². The number of nitrogens with two attached hydrogens (primary N) is 1. The fraction of sp³-hybridized carbons (Fsp3) is 0.286. The van der Waals surface area contributed by atoms with E-state index in [2.05, 4.69) is 64.6 Å². The number of halogens is 4. The Morgan fingerprint density at radius 3 is 1.52 bits per heavy atom. The molecule has 89 heavy (non-hydrogen) atoms. The van der Waals surface area contributed by atoms with Gasteiger partial charge >= 0.3 is 6.16 Å². The Morgan fingerprint density at radius 2 is 1.07 bits per heavy atom. The van der Waals surface area contributed by atoms with E-state index in [1.807, 2.05) is 76.6 Å². The molecule has 5 N–H and O–H groups in total. The first kappa shape index (κ1) is 70.3. The van der Waals surface area contributed by atoms with E-state index in [0.29, 0.717) is 72.5 Å².